The number of nitrogens with zero attached hydrogens (tertiary/aromatic N) is 2. The smallest absolute Gasteiger partial charge is 0.157 e. The molecule has 0 saturated heterocycles. The number of fused-ring (bicyclic) bond motifs is 1. The van der Waals surface area contributed by atoms with Crippen LogP contribution in [0.4, 0.5) is 0 Å². The molecular formula is C25H40N2O3. The third kappa shape index (κ3) is 4.38. The number of hydrogen-bond donors (Lipinski definition) is 2. The predicted molar refractivity (Wildman–Crippen MR) is 117 cm³/mol. The van der Waals surface area contributed by atoms with Crippen molar-refractivity contribution < 1.29 is 15.0 Å². The highest BCUT2D eigenvalue weighted by molar-refractivity contribution is 5.82. The normalized spacial score (nSPS) is 41.5. The van der Waals surface area contributed by atoms with Crippen molar-refractivity contribution in [1.29, 1.82) is 0 Å². The lowest BCUT2D eigenvalue weighted by Gasteiger charge is -2.46. The lowest BCUT2D eigenvalue weighted by Crippen LogP contribution is -2.41. The van der Waals surface area contributed by atoms with Crippen LogP contribution in [0.2, 0.25) is 0 Å². The molecule has 5 heteroatoms. The summed E-state index contributed by atoms with van der Waals surface area (Å²) in [7, 11) is 0. The minimum Gasteiger partial charge on any atom is -0.396 e. The van der Waals surface area contributed by atoms with Gasteiger partial charge in [0.2, 0.25) is 0 Å². The summed E-state index contributed by atoms with van der Waals surface area (Å²) in [6.07, 6.45) is 14.3. The molecule has 7 atom stereocenters. The number of aromatic nitrogens is 2. The fourth-order valence-electron chi connectivity index (χ4n) is 7.45. The van der Waals surface area contributed by atoms with Gasteiger partial charge in [0.05, 0.1) is 12.1 Å². The molecule has 1 aromatic heterocycles. The zero-order chi connectivity index (χ0) is 21.4. The van der Waals surface area contributed by atoms with Crippen molar-refractivity contribution in [3.63, 3.8) is 0 Å². The van der Waals surface area contributed by atoms with Gasteiger partial charge in [-0.2, -0.15) is 5.10 Å². The number of carbonyl (C=O) groups is 1. The first-order chi connectivity index (χ1) is 14.3. The predicted octanol–water partition coefficient (Wildman–Crippen LogP) is 4.22. The Morgan fingerprint density at radius 3 is 2.63 bits per heavy atom. The van der Waals surface area contributed by atoms with Crippen molar-refractivity contribution in [3.8, 4) is 0 Å². The van der Waals surface area contributed by atoms with Crippen LogP contribution in [-0.2, 0) is 11.3 Å². The second-order valence-corrected chi connectivity index (χ2v) is 11.1. The molecule has 1 aromatic rings. The van der Waals surface area contributed by atoms with Crippen molar-refractivity contribution in [3.05, 3.63) is 18.5 Å². The lowest BCUT2D eigenvalue weighted by molar-refractivity contribution is -0.128. The number of aliphatic hydroxyl groups is 2. The molecule has 0 amide bonds. The SMILES string of the molecule is CC1(O)CCC(CO)C(CCC2CCCC3(C)C(C(=O)Cn4cccn4)CCC23)C1. The zero-order valence-corrected chi connectivity index (χ0v) is 18.8. The highest BCUT2D eigenvalue weighted by atomic mass is 16.3. The molecule has 1 heterocycles. The first kappa shape index (κ1) is 22.0. The van der Waals surface area contributed by atoms with Crippen molar-refractivity contribution >= 4 is 5.78 Å². The van der Waals surface area contributed by atoms with Crippen molar-refractivity contribution in [1.82, 2.24) is 9.78 Å². The number of aliphatic hydroxyl groups excluding tert-OH is 1. The molecule has 2 N–H and O–H groups in total. The van der Waals surface area contributed by atoms with Gasteiger partial charge in [-0.15, -0.1) is 0 Å². The Kier molecular flexibility index (Phi) is 6.41. The van der Waals surface area contributed by atoms with Gasteiger partial charge in [-0.25, -0.2) is 0 Å². The average molecular weight is 417 g/mol. The minimum absolute atomic E-state index is 0.127. The van der Waals surface area contributed by atoms with E-state index in [1.807, 2.05) is 19.2 Å². The second-order valence-electron chi connectivity index (χ2n) is 11.1. The molecule has 3 aliphatic carbocycles. The van der Waals surface area contributed by atoms with E-state index in [2.05, 4.69) is 12.0 Å². The summed E-state index contributed by atoms with van der Waals surface area (Å²) in [6, 6.07) is 1.88. The molecule has 5 nitrogen and oxygen atoms in total. The van der Waals surface area contributed by atoms with E-state index in [1.54, 1.807) is 10.9 Å². The second kappa shape index (κ2) is 8.74. The average Bonchev–Trinajstić information content (AvgIpc) is 3.33. The summed E-state index contributed by atoms with van der Waals surface area (Å²) in [6.45, 7) is 4.99. The van der Waals surface area contributed by atoms with Crippen LogP contribution >= 0.6 is 0 Å². The molecule has 3 fully saturated rings. The minimum atomic E-state index is -0.575. The van der Waals surface area contributed by atoms with Gasteiger partial charge in [0.25, 0.3) is 0 Å². The van der Waals surface area contributed by atoms with E-state index < -0.39 is 5.60 Å². The number of hydrogen-bond acceptors (Lipinski definition) is 4. The summed E-state index contributed by atoms with van der Waals surface area (Å²) < 4.78 is 1.77. The van der Waals surface area contributed by atoms with Crippen molar-refractivity contribution in [2.45, 2.75) is 90.2 Å². The van der Waals surface area contributed by atoms with Crippen LogP contribution in [0.25, 0.3) is 0 Å². The first-order valence-corrected chi connectivity index (χ1v) is 12.2. The third-order valence-electron chi connectivity index (χ3n) is 9.10. The summed E-state index contributed by atoms with van der Waals surface area (Å²) in [5, 5.41) is 24.6. The monoisotopic (exact) mass is 416 g/mol. The molecule has 4 rings (SSSR count). The van der Waals surface area contributed by atoms with Gasteiger partial charge in [-0.1, -0.05) is 19.8 Å². The van der Waals surface area contributed by atoms with Gasteiger partial charge >= 0.3 is 0 Å². The van der Waals surface area contributed by atoms with E-state index in [9.17, 15) is 15.0 Å². The Bertz CT molecular complexity index is 716. The quantitative estimate of drug-likeness (QED) is 0.698. The highest BCUT2D eigenvalue weighted by Gasteiger charge is 2.53. The Balaban J connectivity index is 1.39. The van der Waals surface area contributed by atoms with E-state index in [-0.39, 0.29) is 17.9 Å². The molecular weight excluding hydrogens is 376 g/mol. The number of ketones is 1. The van der Waals surface area contributed by atoms with Crippen LogP contribution in [0.5, 0.6) is 0 Å². The summed E-state index contributed by atoms with van der Waals surface area (Å²) >= 11 is 0. The van der Waals surface area contributed by atoms with Crippen molar-refractivity contribution in [2.75, 3.05) is 6.61 Å². The largest absolute Gasteiger partial charge is 0.396 e. The van der Waals surface area contributed by atoms with Crippen LogP contribution in [0.3, 0.4) is 0 Å². The molecule has 3 saturated carbocycles. The first-order valence-electron chi connectivity index (χ1n) is 12.2. The van der Waals surface area contributed by atoms with Gasteiger partial charge in [0, 0.05) is 24.9 Å². The summed E-state index contributed by atoms with van der Waals surface area (Å²) in [4.78, 5) is 13.1. The maximum atomic E-state index is 13.1. The van der Waals surface area contributed by atoms with Crippen LogP contribution in [0.15, 0.2) is 18.5 Å². The zero-order valence-electron chi connectivity index (χ0n) is 18.8. The topological polar surface area (TPSA) is 75.3 Å². The molecule has 0 radical (unpaired) electrons. The molecule has 0 aliphatic heterocycles. The van der Waals surface area contributed by atoms with Crippen LogP contribution in [0, 0.1) is 35.0 Å². The Morgan fingerprint density at radius 1 is 1.10 bits per heavy atom. The van der Waals surface area contributed by atoms with Crippen molar-refractivity contribution in [2.24, 2.45) is 35.0 Å². The molecule has 7 unspecified atom stereocenters. The number of carbonyl (C=O) groups excluding carboxylic acids is 1. The van der Waals surface area contributed by atoms with Crippen LogP contribution < -0.4 is 0 Å². The molecule has 0 spiro atoms. The molecule has 3 aliphatic rings. The van der Waals surface area contributed by atoms with Gasteiger partial charge in [-0.3, -0.25) is 9.48 Å². The van der Waals surface area contributed by atoms with E-state index >= 15 is 0 Å². The maximum Gasteiger partial charge on any atom is 0.157 e. The lowest BCUT2D eigenvalue weighted by atomic mass is 9.59. The Hall–Kier alpha value is -1.20. The van der Waals surface area contributed by atoms with E-state index in [4.69, 9.17) is 0 Å². The van der Waals surface area contributed by atoms with Gasteiger partial charge in [0.15, 0.2) is 5.78 Å². The Morgan fingerprint density at radius 2 is 1.90 bits per heavy atom. The van der Waals surface area contributed by atoms with Gasteiger partial charge in [-0.05, 0) is 93.4 Å². The van der Waals surface area contributed by atoms with E-state index in [1.165, 1.54) is 32.1 Å². The molecule has 0 bridgehead atoms. The Labute approximate surface area is 181 Å². The van der Waals surface area contributed by atoms with E-state index in [0.29, 0.717) is 36.0 Å². The highest BCUT2D eigenvalue weighted by Crippen LogP contribution is 2.59. The maximum absolute atomic E-state index is 13.1. The number of Topliss-reactive ketones (excluding diaryl/α,β-unsaturated/α-hetero) is 1. The van der Waals surface area contributed by atoms with Crippen LogP contribution in [0.1, 0.15) is 78.1 Å². The van der Waals surface area contributed by atoms with Crippen LogP contribution in [-0.4, -0.2) is 38.0 Å². The van der Waals surface area contributed by atoms with Gasteiger partial charge in [0.1, 0.15) is 0 Å². The molecule has 0 aromatic carbocycles. The fourth-order valence-corrected chi connectivity index (χ4v) is 7.45. The summed E-state index contributed by atoms with van der Waals surface area (Å²) in [5.41, 5.74) is -0.448. The molecule has 168 valence electrons. The van der Waals surface area contributed by atoms with E-state index in [0.717, 1.165) is 32.1 Å². The molecule has 30 heavy (non-hydrogen) atoms. The summed E-state index contributed by atoms with van der Waals surface area (Å²) in [5.74, 6) is 2.59. The number of rotatable bonds is 7. The fraction of sp³-hybridized carbons (Fsp3) is 0.840. The third-order valence-corrected chi connectivity index (χ3v) is 9.10. The standard InChI is InChI=1S/C25H40N2O3/c1-24(30)12-10-20(17-28)19(15-24)7-6-18-5-3-11-25(2)21(18)8-9-22(25)23(29)16-27-14-4-13-26-27/h4,13-14,18-22,28,30H,3,5-12,15-17H2,1-2H3. The van der Waals surface area contributed by atoms with Gasteiger partial charge < -0.3 is 10.2 Å².